The third-order valence-corrected chi connectivity index (χ3v) is 28.3. The highest BCUT2D eigenvalue weighted by Gasteiger charge is 2.29. The van der Waals surface area contributed by atoms with Crippen molar-refractivity contribution in [3.63, 3.8) is 0 Å². The largest absolute Gasteiger partial charge is 0.309 e. The van der Waals surface area contributed by atoms with Gasteiger partial charge in [0.05, 0.1) is 11.4 Å². The lowest BCUT2D eigenvalue weighted by atomic mass is 9.91. The molecular formula is C124H192N2. The highest BCUT2D eigenvalue weighted by molar-refractivity contribution is 6.24. The Hall–Kier alpha value is -6.12. The van der Waals surface area contributed by atoms with Crippen LogP contribution in [0.25, 0.3) is 32.7 Å². The normalized spacial score (nSPS) is 11.7. The predicted molar refractivity (Wildman–Crippen MR) is 567 cm³/mol. The minimum absolute atomic E-state index is 1.08. The molecule has 8 rings (SSSR count). The van der Waals surface area contributed by atoms with Crippen molar-refractivity contribution in [2.24, 2.45) is 0 Å². The minimum Gasteiger partial charge on any atom is -0.309 e. The summed E-state index contributed by atoms with van der Waals surface area (Å²) in [6.45, 7) is 18.9. The Morgan fingerprint density at radius 3 is 0.690 bits per heavy atom. The highest BCUT2D eigenvalue weighted by atomic mass is 15.2. The fraction of sp³-hybridized carbons (Fsp3) is 0.645. The molecule has 0 saturated carbocycles. The van der Waals surface area contributed by atoms with Crippen LogP contribution in [0, 0.1) is 0 Å². The molecule has 8 aromatic rings. The summed E-state index contributed by atoms with van der Waals surface area (Å²) >= 11 is 0. The topological polar surface area (TPSA) is 6.48 Å². The van der Waals surface area contributed by atoms with E-state index in [-0.39, 0.29) is 0 Å². The number of rotatable bonds is 79. The van der Waals surface area contributed by atoms with Crippen LogP contribution in [0.15, 0.2) is 146 Å². The lowest BCUT2D eigenvalue weighted by Crippen LogP contribution is -2.17. The first-order valence-electron chi connectivity index (χ1n) is 55.5. The van der Waals surface area contributed by atoms with Gasteiger partial charge in [0.1, 0.15) is 0 Å². The van der Waals surface area contributed by atoms with Gasteiger partial charge in [-0.15, -0.1) is 0 Å². The van der Waals surface area contributed by atoms with Crippen LogP contribution in [0.5, 0.6) is 0 Å². The molecule has 0 spiro atoms. The summed E-state index contributed by atoms with van der Waals surface area (Å²) < 4.78 is 0. The van der Waals surface area contributed by atoms with Crippen molar-refractivity contribution in [3.05, 3.63) is 190 Å². The molecule has 0 amide bonds. The molecule has 0 atom stereocenters. The molecule has 2 nitrogen and oxygen atoms in total. The zero-order valence-corrected chi connectivity index (χ0v) is 83.7. The molecule has 0 fully saturated rings. The Kier molecular flexibility index (Phi) is 56.8. The maximum absolute atomic E-state index is 2.93. The van der Waals surface area contributed by atoms with Gasteiger partial charge in [0.25, 0.3) is 0 Å². The van der Waals surface area contributed by atoms with Gasteiger partial charge in [0.2, 0.25) is 0 Å². The van der Waals surface area contributed by atoms with Gasteiger partial charge in [-0.1, -0.05) is 512 Å². The van der Waals surface area contributed by atoms with Crippen LogP contribution in [0.1, 0.15) is 511 Å². The molecule has 0 heterocycles. The van der Waals surface area contributed by atoms with E-state index in [0.29, 0.717) is 0 Å². The summed E-state index contributed by atoms with van der Waals surface area (Å²) in [5.74, 6) is 0. The molecule has 0 aliphatic rings. The zero-order valence-electron chi connectivity index (χ0n) is 83.7. The number of hydrogen-bond acceptors (Lipinski definition) is 2. The van der Waals surface area contributed by atoms with Crippen molar-refractivity contribution < 1.29 is 0 Å². The molecule has 0 bridgehead atoms. The molecule has 0 aliphatic carbocycles. The summed E-state index contributed by atoms with van der Waals surface area (Å²) in [5, 5.41) is 5.38. The highest BCUT2D eigenvalue weighted by Crippen LogP contribution is 2.54. The monoisotopic (exact) mass is 1710 g/mol. The molecular weight excluding hydrogens is 1520 g/mol. The molecule has 126 heavy (non-hydrogen) atoms. The number of benzene rings is 8. The van der Waals surface area contributed by atoms with Crippen molar-refractivity contribution in [1.29, 1.82) is 0 Å². The maximum atomic E-state index is 2.93. The lowest BCUT2D eigenvalue weighted by molar-refractivity contribution is 0.574. The average Bonchev–Trinajstić information content (AvgIpc) is 0.715. The number of anilines is 6. The first kappa shape index (κ1) is 105. The van der Waals surface area contributed by atoms with Crippen LogP contribution in [0.2, 0.25) is 0 Å². The van der Waals surface area contributed by atoms with Crippen molar-refractivity contribution in [3.8, 4) is 11.1 Å². The van der Waals surface area contributed by atoms with Gasteiger partial charge in [-0.25, -0.2) is 0 Å². The standard InChI is InChI=1S/C124H192N2/c1-9-17-25-33-41-49-57-66-78-105-90-93-122(114(97-105)87-73-64-56-48-40-32-24-16-8)126(117-102-110(83-71-62-54-46-38-30-22-14-6)96-111(103-117)84-72-63-55-47-39-31-23-15-7)124-119-89-77-76-88-118(119)123(120-92-91-113(104-121(120)124)112-85-74-65-75-86-112)125(115-98-106(79-67-58-50-42-34-26-18-10-2)94-107(99-115)80-68-59-51-43-35-27-19-11-3)116-100-108(81-69-60-52-44-36-28-20-12-4)95-109(101-116)82-70-61-53-45-37-29-21-13-5/h65,74-77,85-86,88-104H,9-64,66-73,78-84,87H2,1-8H3. The van der Waals surface area contributed by atoms with Crippen LogP contribution in [0.4, 0.5) is 34.1 Å². The van der Waals surface area contributed by atoms with E-state index in [2.05, 4.69) is 211 Å². The molecule has 2 heteroatoms. The fourth-order valence-electron chi connectivity index (χ4n) is 20.6. The Morgan fingerprint density at radius 2 is 0.397 bits per heavy atom. The quantitative estimate of drug-likeness (QED) is 0.0213. The van der Waals surface area contributed by atoms with Gasteiger partial charge in [0.15, 0.2) is 0 Å². The second-order valence-electron chi connectivity index (χ2n) is 39.8. The van der Waals surface area contributed by atoms with E-state index in [1.165, 1.54) is 522 Å². The van der Waals surface area contributed by atoms with Crippen LogP contribution in [-0.4, -0.2) is 0 Å². The van der Waals surface area contributed by atoms with E-state index in [4.69, 9.17) is 0 Å². The third-order valence-electron chi connectivity index (χ3n) is 28.3. The molecule has 0 unspecified atom stereocenters. The van der Waals surface area contributed by atoms with Gasteiger partial charge < -0.3 is 9.80 Å². The molecule has 0 saturated heterocycles. The van der Waals surface area contributed by atoms with Gasteiger partial charge >= 0.3 is 0 Å². The molecule has 0 radical (unpaired) electrons. The van der Waals surface area contributed by atoms with Crippen LogP contribution >= 0.6 is 0 Å². The van der Waals surface area contributed by atoms with Gasteiger partial charge in [-0.3, -0.25) is 0 Å². The summed E-state index contributed by atoms with van der Waals surface area (Å²) in [5.41, 5.74) is 22.9. The van der Waals surface area contributed by atoms with Crippen molar-refractivity contribution in [2.45, 2.75) is 518 Å². The number of unbranched alkanes of at least 4 members (excludes halogenated alkanes) is 56. The SMILES string of the molecule is CCCCCCCCCCc1cc(CCCCCCCCCC)cc(N(c2cc(CCCCCCCCCC)cc(CCCCCCCCCC)c2)c2c3ccccc3c(N(c3cc(CCCCCCCCCC)cc(CCCCCCCCCC)c3)c3ccc(CCCCCCCCCC)cc3CCCCCCCCCC)c3cc(-c4ccccc4)ccc23)c1. The Bertz CT molecular complexity index is 3830. The van der Waals surface area contributed by atoms with Crippen LogP contribution in [0.3, 0.4) is 0 Å². The van der Waals surface area contributed by atoms with E-state index in [0.717, 1.165) is 51.4 Å². The summed E-state index contributed by atoms with van der Waals surface area (Å²) in [6, 6.07) is 61.9. The molecule has 0 aromatic heterocycles. The Morgan fingerprint density at radius 1 is 0.159 bits per heavy atom. The van der Waals surface area contributed by atoms with Crippen LogP contribution < -0.4 is 9.80 Å². The minimum atomic E-state index is 1.08. The van der Waals surface area contributed by atoms with E-state index >= 15 is 0 Å². The van der Waals surface area contributed by atoms with Crippen LogP contribution in [-0.2, 0) is 51.4 Å². The molecule has 0 aliphatic heterocycles. The second-order valence-corrected chi connectivity index (χ2v) is 39.8. The molecule has 0 N–H and O–H groups in total. The van der Waals surface area contributed by atoms with E-state index in [1.54, 1.807) is 0 Å². The van der Waals surface area contributed by atoms with E-state index < -0.39 is 0 Å². The Balaban J connectivity index is 1.45. The third kappa shape index (κ3) is 40.7. The smallest absolute Gasteiger partial charge is 0.0620 e. The first-order chi connectivity index (χ1) is 62.3. The zero-order chi connectivity index (χ0) is 88.6. The lowest BCUT2D eigenvalue weighted by Gasteiger charge is -2.35. The van der Waals surface area contributed by atoms with Gasteiger partial charge in [-0.2, -0.15) is 0 Å². The maximum Gasteiger partial charge on any atom is 0.0620 e. The van der Waals surface area contributed by atoms with Gasteiger partial charge in [0, 0.05) is 44.3 Å². The summed E-state index contributed by atoms with van der Waals surface area (Å²) in [7, 11) is 0. The molecule has 8 aromatic carbocycles. The number of aryl methyl sites for hydroxylation is 8. The predicted octanol–water partition coefficient (Wildman–Crippen LogP) is 42.1. The van der Waals surface area contributed by atoms with Crippen molar-refractivity contribution >= 4 is 55.7 Å². The fourth-order valence-corrected chi connectivity index (χ4v) is 20.6. The number of nitrogens with zero attached hydrogens (tertiary/aromatic N) is 2. The van der Waals surface area contributed by atoms with E-state index in [1.807, 2.05) is 0 Å². The molecule has 698 valence electrons. The van der Waals surface area contributed by atoms with Crippen molar-refractivity contribution in [2.75, 3.05) is 9.80 Å². The first-order valence-corrected chi connectivity index (χ1v) is 55.5. The second kappa shape index (κ2) is 68.0. The number of hydrogen-bond donors (Lipinski definition) is 0. The van der Waals surface area contributed by atoms with Crippen molar-refractivity contribution in [1.82, 2.24) is 0 Å². The average molecular weight is 1710 g/mol. The van der Waals surface area contributed by atoms with E-state index in [9.17, 15) is 0 Å². The number of fused-ring (bicyclic) bond motifs is 2. The van der Waals surface area contributed by atoms with Gasteiger partial charge in [-0.05, 0) is 207 Å². The summed E-state index contributed by atoms with van der Waals surface area (Å²) in [4.78, 5) is 5.84. The summed E-state index contributed by atoms with van der Waals surface area (Å²) in [6.07, 6.45) is 94.5. The Labute approximate surface area is 779 Å².